The van der Waals surface area contributed by atoms with Crippen LogP contribution >= 0.6 is 0 Å². The molecular formula is C27H21FN6O. The maximum absolute atomic E-state index is 13.5. The van der Waals surface area contributed by atoms with Gasteiger partial charge in [-0.05, 0) is 49.4 Å². The highest BCUT2D eigenvalue weighted by molar-refractivity contribution is 6.22. The third kappa shape index (κ3) is 3.63. The molecule has 7 nitrogen and oxygen atoms in total. The molecule has 1 aromatic carbocycles. The van der Waals surface area contributed by atoms with E-state index in [2.05, 4.69) is 9.97 Å². The van der Waals surface area contributed by atoms with Crippen molar-refractivity contribution in [3.05, 3.63) is 95.6 Å². The fourth-order valence-electron chi connectivity index (χ4n) is 4.53. The van der Waals surface area contributed by atoms with E-state index in [9.17, 15) is 9.18 Å². The van der Waals surface area contributed by atoms with Crippen molar-refractivity contribution in [1.29, 1.82) is 0 Å². The summed E-state index contributed by atoms with van der Waals surface area (Å²) in [5.41, 5.74) is 6.90. The van der Waals surface area contributed by atoms with E-state index < -0.39 is 0 Å². The number of halogens is 1. The molecule has 0 radical (unpaired) electrons. The number of nitrogens with zero attached hydrogens (tertiary/aromatic N) is 6. The minimum absolute atomic E-state index is 0.0150. The number of rotatable bonds is 5. The summed E-state index contributed by atoms with van der Waals surface area (Å²) in [5, 5.41) is 4.77. The van der Waals surface area contributed by atoms with Gasteiger partial charge in [0.2, 0.25) is 0 Å². The minimum Gasteiger partial charge on any atom is -0.330 e. The van der Waals surface area contributed by atoms with Gasteiger partial charge in [-0.3, -0.25) is 9.78 Å². The van der Waals surface area contributed by atoms with Crippen LogP contribution in [-0.2, 0) is 24.7 Å². The van der Waals surface area contributed by atoms with Gasteiger partial charge in [0.05, 0.1) is 35.4 Å². The highest BCUT2D eigenvalue weighted by Crippen LogP contribution is 2.31. The zero-order valence-corrected chi connectivity index (χ0v) is 19.2. The first-order valence-corrected chi connectivity index (χ1v) is 11.3. The lowest BCUT2D eigenvalue weighted by Gasteiger charge is -2.07. The van der Waals surface area contributed by atoms with Crippen LogP contribution in [0.2, 0.25) is 0 Å². The molecule has 0 amide bonds. The molecule has 0 unspecified atom stereocenters. The highest BCUT2D eigenvalue weighted by atomic mass is 19.1. The SMILES string of the molecule is Cc1nc(-c2ccc(F)cc2)c(-c2ccc3nc(CC(=O)C4=CCc5ncccc54)cn3n2)n1C. The van der Waals surface area contributed by atoms with Crippen molar-refractivity contribution < 1.29 is 9.18 Å². The van der Waals surface area contributed by atoms with Gasteiger partial charge >= 0.3 is 0 Å². The number of imidazole rings is 2. The van der Waals surface area contributed by atoms with Gasteiger partial charge in [0.1, 0.15) is 17.3 Å². The summed E-state index contributed by atoms with van der Waals surface area (Å²) in [5.74, 6) is 0.537. The molecule has 4 heterocycles. The Bertz CT molecular complexity index is 1640. The Morgan fingerprint density at radius 2 is 1.91 bits per heavy atom. The Labute approximate surface area is 200 Å². The number of ketones is 1. The zero-order valence-electron chi connectivity index (χ0n) is 19.2. The smallest absolute Gasteiger partial charge is 0.169 e. The molecule has 0 N–H and O–H groups in total. The zero-order chi connectivity index (χ0) is 24.1. The van der Waals surface area contributed by atoms with Gasteiger partial charge in [-0.25, -0.2) is 18.9 Å². The number of aryl methyl sites for hydroxylation is 1. The predicted molar refractivity (Wildman–Crippen MR) is 130 cm³/mol. The molecule has 0 saturated heterocycles. The third-order valence-electron chi connectivity index (χ3n) is 6.37. The van der Waals surface area contributed by atoms with Crippen molar-refractivity contribution in [2.45, 2.75) is 19.8 Å². The number of aromatic nitrogens is 6. The molecule has 172 valence electrons. The first-order valence-electron chi connectivity index (χ1n) is 11.3. The minimum atomic E-state index is -0.295. The quantitative estimate of drug-likeness (QED) is 0.386. The molecule has 6 rings (SSSR count). The van der Waals surface area contributed by atoms with Crippen LogP contribution in [0.5, 0.6) is 0 Å². The number of hydrogen-bond donors (Lipinski definition) is 0. The van der Waals surface area contributed by atoms with Crippen LogP contribution in [-0.4, -0.2) is 34.9 Å². The second kappa shape index (κ2) is 8.09. The van der Waals surface area contributed by atoms with Crippen LogP contribution in [0, 0.1) is 12.7 Å². The molecule has 0 saturated carbocycles. The number of hydrogen-bond acceptors (Lipinski definition) is 5. The number of carbonyl (C=O) groups excluding carboxylic acids is 1. The van der Waals surface area contributed by atoms with Gasteiger partial charge < -0.3 is 4.57 Å². The van der Waals surface area contributed by atoms with E-state index in [1.807, 2.05) is 48.9 Å². The van der Waals surface area contributed by atoms with Crippen LogP contribution in [0.4, 0.5) is 4.39 Å². The summed E-state index contributed by atoms with van der Waals surface area (Å²) in [6.07, 6.45) is 6.33. The predicted octanol–water partition coefficient (Wildman–Crippen LogP) is 4.39. The van der Waals surface area contributed by atoms with Crippen LogP contribution in [0.15, 0.2) is 67.0 Å². The van der Waals surface area contributed by atoms with Crippen LogP contribution < -0.4 is 0 Å². The summed E-state index contributed by atoms with van der Waals surface area (Å²) >= 11 is 0. The highest BCUT2D eigenvalue weighted by Gasteiger charge is 2.22. The summed E-state index contributed by atoms with van der Waals surface area (Å²) in [4.78, 5) is 26.7. The lowest BCUT2D eigenvalue weighted by atomic mass is 10.0. The van der Waals surface area contributed by atoms with Crippen LogP contribution in [0.25, 0.3) is 33.9 Å². The van der Waals surface area contributed by atoms with E-state index in [-0.39, 0.29) is 18.0 Å². The molecule has 0 fully saturated rings. The van der Waals surface area contributed by atoms with Gasteiger partial charge in [0, 0.05) is 36.4 Å². The number of allylic oxidation sites excluding steroid dienone is 2. The van der Waals surface area contributed by atoms with Crippen molar-refractivity contribution in [1.82, 2.24) is 29.1 Å². The second-order valence-electron chi connectivity index (χ2n) is 8.60. The maximum atomic E-state index is 13.5. The Morgan fingerprint density at radius 1 is 1.09 bits per heavy atom. The normalized spacial score (nSPS) is 12.7. The molecule has 0 spiro atoms. The molecular weight excluding hydrogens is 443 g/mol. The molecule has 0 aliphatic heterocycles. The molecule has 35 heavy (non-hydrogen) atoms. The van der Waals surface area contributed by atoms with Crippen molar-refractivity contribution in [2.75, 3.05) is 0 Å². The Kier molecular flexibility index (Phi) is 4.88. The van der Waals surface area contributed by atoms with E-state index in [0.29, 0.717) is 29.0 Å². The van der Waals surface area contributed by atoms with Crippen LogP contribution in [0.1, 0.15) is 22.8 Å². The maximum Gasteiger partial charge on any atom is 0.169 e. The molecule has 5 aromatic rings. The van der Waals surface area contributed by atoms with Gasteiger partial charge in [0.15, 0.2) is 11.4 Å². The van der Waals surface area contributed by atoms with Crippen molar-refractivity contribution >= 4 is 17.0 Å². The van der Waals surface area contributed by atoms with E-state index in [1.54, 1.807) is 29.0 Å². The Morgan fingerprint density at radius 3 is 2.74 bits per heavy atom. The summed E-state index contributed by atoms with van der Waals surface area (Å²) in [6.45, 7) is 1.92. The van der Waals surface area contributed by atoms with Crippen molar-refractivity contribution in [3.63, 3.8) is 0 Å². The van der Waals surface area contributed by atoms with Gasteiger partial charge in [-0.15, -0.1) is 0 Å². The van der Waals surface area contributed by atoms with Gasteiger partial charge in [-0.1, -0.05) is 12.1 Å². The fraction of sp³-hybridized carbons (Fsp3) is 0.148. The lowest BCUT2D eigenvalue weighted by Crippen LogP contribution is -2.05. The Balaban J connectivity index is 1.33. The largest absolute Gasteiger partial charge is 0.330 e. The van der Waals surface area contributed by atoms with E-state index in [4.69, 9.17) is 10.1 Å². The number of fused-ring (bicyclic) bond motifs is 2. The monoisotopic (exact) mass is 464 g/mol. The Hall–Kier alpha value is -4.46. The topological polar surface area (TPSA) is 78.0 Å². The summed E-state index contributed by atoms with van der Waals surface area (Å²) in [7, 11) is 1.93. The number of Topliss-reactive ketones (excluding diaryl/α,β-unsaturated/α-hetero) is 1. The van der Waals surface area contributed by atoms with E-state index in [0.717, 1.165) is 34.0 Å². The number of benzene rings is 1. The summed E-state index contributed by atoms with van der Waals surface area (Å²) < 4.78 is 17.1. The van der Waals surface area contributed by atoms with Crippen molar-refractivity contribution in [2.24, 2.45) is 7.05 Å². The van der Waals surface area contributed by atoms with E-state index >= 15 is 0 Å². The van der Waals surface area contributed by atoms with E-state index in [1.165, 1.54) is 12.1 Å². The van der Waals surface area contributed by atoms with Crippen molar-refractivity contribution in [3.8, 4) is 22.6 Å². The third-order valence-corrected chi connectivity index (χ3v) is 6.37. The number of carbonyl (C=O) groups is 1. The molecule has 0 atom stereocenters. The lowest BCUT2D eigenvalue weighted by molar-refractivity contribution is -0.113. The van der Waals surface area contributed by atoms with Gasteiger partial charge in [-0.2, -0.15) is 5.10 Å². The molecule has 1 aliphatic rings. The van der Waals surface area contributed by atoms with Crippen LogP contribution in [0.3, 0.4) is 0 Å². The first kappa shape index (κ1) is 21.1. The fourth-order valence-corrected chi connectivity index (χ4v) is 4.53. The molecule has 4 aromatic heterocycles. The molecule has 0 bridgehead atoms. The summed E-state index contributed by atoms with van der Waals surface area (Å²) in [6, 6.07) is 13.8. The standard InChI is InChI=1S/C27H21FN6O/c1-16-30-26(17-5-7-18(28)8-6-17)27(33(16)2)23-11-12-25-31-19(15-34(25)32-23)14-24(35)21-9-10-22-20(21)4-3-13-29-22/h3-9,11-13,15H,10,14H2,1-2H3. The molecule has 8 heteroatoms. The second-order valence-corrected chi connectivity index (χ2v) is 8.60. The molecule has 1 aliphatic carbocycles. The average molecular weight is 465 g/mol. The van der Waals surface area contributed by atoms with Gasteiger partial charge in [0.25, 0.3) is 0 Å². The number of pyridine rings is 1. The first-order chi connectivity index (χ1) is 17.0. The average Bonchev–Trinajstić information content (AvgIpc) is 3.54.